The molecule has 1 unspecified atom stereocenters. The van der Waals surface area contributed by atoms with Gasteiger partial charge < -0.3 is 14.7 Å². The van der Waals surface area contributed by atoms with Crippen LogP contribution in [0.2, 0.25) is 5.15 Å². The van der Waals surface area contributed by atoms with Crippen molar-refractivity contribution in [2.45, 2.75) is 31.7 Å². The van der Waals surface area contributed by atoms with Gasteiger partial charge in [-0.25, -0.2) is 4.98 Å². The quantitative estimate of drug-likeness (QED) is 0.850. The molecule has 0 amide bonds. The van der Waals surface area contributed by atoms with Gasteiger partial charge >= 0.3 is 6.18 Å². The van der Waals surface area contributed by atoms with Crippen molar-refractivity contribution in [1.29, 1.82) is 0 Å². The summed E-state index contributed by atoms with van der Waals surface area (Å²) in [5.41, 5.74) is -1.45. The summed E-state index contributed by atoms with van der Waals surface area (Å²) in [4.78, 5) is 5.60. The summed E-state index contributed by atoms with van der Waals surface area (Å²) in [6.45, 7) is 4.00. The van der Waals surface area contributed by atoms with Crippen LogP contribution in [0.25, 0.3) is 0 Å². The van der Waals surface area contributed by atoms with E-state index in [9.17, 15) is 18.3 Å². The number of hydrogen-bond acceptors (Lipinski definition) is 4. The SMILES string of the molecule is CC1(C)CN(c2cc(C(F)(F)F)cc(Cl)n2)CC(CO)O1. The van der Waals surface area contributed by atoms with Gasteiger partial charge in [0.05, 0.1) is 23.9 Å². The zero-order valence-corrected chi connectivity index (χ0v) is 12.4. The molecule has 1 aliphatic rings. The van der Waals surface area contributed by atoms with Crippen LogP contribution in [0.3, 0.4) is 0 Å². The molecule has 1 aliphatic heterocycles. The summed E-state index contributed by atoms with van der Waals surface area (Å²) in [6, 6.07) is 1.75. The highest BCUT2D eigenvalue weighted by molar-refractivity contribution is 6.29. The van der Waals surface area contributed by atoms with Gasteiger partial charge in [0, 0.05) is 13.1 Å². The molecule has 2 heterocycles. The lowest BCUT2D eigenvalue weighted by molar-refractivity contribution is -0.137. The van der Waals surface area contributed by atoms with Crippen LogP contribution in [0.15, 0.2) is 12.1 Å². The van der Waals surface area contributed by atoms with E-state index in [4.69, 9.17) is 16.3 Å². The first kappa shape index (κ1) is 16.3. The number of aliphatic hydroxyl groups excluding tert-OH is 1. The van der Waals surface area contributed by atoms with Crippen LogP contribution in [-0.2, 0) is 10.9 Å². The number of aliphatic hydroxyl groups is 1. The Balaban J connectivity index is 2.34. The Morgan fingerprint density at radius 3 is 2.71 bits per heavy atom. The average molecular weight is 325 g/mol. The lowest BCUT2D eigenvalue weighted by Crippen LogP contribution is -2.54. The summed E-state index contributed by atoms with van der Waals surface area (Å²) in [7, 11) is 0. The molecule has 1 aromatic rings. The Hall–Kier alpha value is -1.05. The molecule has 1 aromatic heterocycles. The monoisotopic (exact) mass is 324 g/mol. The van der Waals surface area contributed by atoms with Crippen LogP contribution >= 0.6 is 11.6 Å². The van der Waals surface area contributed by atoms with E-state index in [1.807, 2.05) is 0 Å². The fourth-order valence-electron chi connectivity index (χ4n) is 2.37. The van der Waals surface area contributed by atoms with Crippen LogP contribution in [0.4, 0.5) is 19.0 Å². The molecule has 0 aromatic carbocycles. The first-order chi connectivity index (χ1) is 9.60. The van der Waals surface area contributed by atoms with Gasteiger partial charge in [0.1, 0.15) is 11.0 Å². The molecule has 1 N–H and O–H groups in total. The van der Waals surface area contributed by atoms with Gasteiger partial charge in [-0.1, -0.05) is 11.6 Å². The summed E-state index contributed by atoms with van der Waals surface area (Å²) in [6.07, 6.45) is -4.97. The highest BCUT2D eigenvalue weighted by Gasteiger charge is 2.36. The van der Waals surface area contributed by atoms with Gasteiger partial charge in [0.15, 0.2) is 0 Å². The molecule has 1 fully saturated rings. The van der Waals surface area contributed by atoms with Gasteiger partial charge in [0.2, 0.25) is 0 Å². The largest absolute Gasteiger partial charge is 0.416 e. The number of hydrogen-bond donors (Lipinski definition) is 1. The third kappa shape index (κ3) is 3.99. The van der Waals surface area contributed by atoms with Crippen LogP contribution in [0, 0.1) is 0 Å². The van der Waals surface area contributed by atoms with Crippen molar-refractivity contribution in [1.82, 2.24) is 4.98 Å². The third-order valence-corrected chi connectivity index (χ3v) is 3.31. The predicted molar refractivity (Wildman–Crippen MR) is 72.5 cm³/mol. The topological polar surface area (TPSA) is 45.6 Å². The number of alkyl halides is 3. The minimum Gasteiger partial charge on any atom is -0.394 e. The molecule has 1 atom stereocenters. The molecule has 0 spiro atoms. The maximum Gasteiger partial charge on any atom is 0.416 e. The highest BCUT2D eigenvalue weighted by atomic mass is 35.5. The van der Waals surface area contributed by atoms with Crippen LogP contribution < -0.4 is 4.90 Å². The van der Waals surface area contributed by atoms with E-state index < -0.39 is 23.4 Å². The van der Waals surface area contributed by atoms with Crippen molar-refractivity contribution in [2.24, 2.45) is 0 Å². The highest BCUT2D eigenvalue weighted by Crippen LogP contribution is 2.34. The van der Waals surface area contributed by atoms with Gasteiger partial charge in [-0.3, -0.25) is 0 Å². The molecule has 118 valence electrons. The normalized spacial score (nSPS) is 22.4. The van der Waals surface area contributed by atoms with E-state index in [1.165, 1.54) is 0 Å². The summed E-state index contributed by atoms with van der Waals surface area (Å²) >= 11 is 5.70. The molecular weight excluding hydrogens is 309 g/mol. The number of morpholine rings is 1. The average Bonchev–Trinajstić information content (AvgIpc) is 2.35. The van der Waals surface area contributed by atoms with E-state index in [1.54, 1.807) is 18.7 Å². The molecule has 1 saturated heterocycles. The molecule has 2 rings (SSSR count). The second-order valence-electron chi connectivity index (χ2n) is 5.60. The molecule has 21 heavy (non-hydrogen) atoms. The van der Waals surface area contributed by atoms with Gasteiger partial charge in [-0.05, 0) is 26.0 Å². The number of pyridine rings is 1. The van der Waals surface area contributed by atoms with Crippen molar-refractivity contribution < 1.29 is 23.0 Å². The fraction of sp³-hybridized carbons (Fsp3) is 0.615. The summed E-state index contributed by atoms with van der Waals surface area (Å²) < 4.78 is 44.1. The number of nitrogens with zero attached hydrogens (tertiary/aromatic N) is 2. The molecule has 0 radical (unpaired) electrons. The zero-order chi connectivity index (χ0) is 15.8. The van der Waals surface area contributed by atoms with Gasteiger partial charge in [0.25, 0.3) is 0 Å². The van der Waals surface area contributed by atoms with E-state index in [0.717, 1.165) is 12.1 Å². The van der Waals surface area contributed by atoms with Gasteiger partial charge in [-0.15, -0.1) is 0 Å². The maximum absolute atomic E-state index is 12.8. The second kappa shape index (κ2) is 5.62. The van der Waals surface area contributed by atoms with Crippen molar-refractivity contribution in [3.63, 3.8) is 0 Å². The smallest absolute Gasteiger partial charge is 0.394 e. The Kier molecular flexibility index (Phi) is 4.37. The molecule has 0 saturated carbocycles. The Morgan fingerprint density at radius 1 is 1.48 bits per heavy atom. The van der Waals surface area contributed by atoms with Crippen molar-refractivity contribution in [3.8, 4) is 0 Å². The van der Waals surface area contributed by atoms with Crippen molar-refractivity contribution in [3.05, 3.63) is 22.8 Å². The Morgan fingerprint density at radius 2 is 2.14 bits per heavy atom. The summed E-state index contributed by atoms with van der Waals surface area (Å²) in [5, 5.41) is 9.03. The lowest BCUT2D eigenvalue weighted by atomic mass is 10.1. The van der Waals surface area contributed by atoms with Gasteiger partial charge in [-0.2, -0.15) is 13.2 Å². The molecule has 4 nitrogen and oxygen atoms in total. The Labute approximate surface area is 125 Å². The Bertz CT molecular complexity index is 523. The maximum atomic E-state index is 12.8. The number of anilines is 1. The minimum absolute atomic E-state index is 0.129. The molecule has 0 aliphatic carbocycles. The molecular formula is C13H16ClF3N2O2. The standard InChI is InChI=1S/C13H16ClF3N2O2/c1-12(2)7-19(5-9(6-20)21-12)11-4-8(13(15,16)17)3-10(14)18-11/h3-4,9,20H,5-7H2,1-2H3. The molecule has 8 heteroatoms. The van der Waals surface area contributed by atoms with E-state index in [0.29, 0.717) is 6.54 Å². The van der Waals surface area contributed by atoms with E-state index in [-0.39, 0.29) is 24.1 Å². The number of aromatic nitrogens is 1. The van der Waals surface area contributed by atoms with Crippen LogP contribution in [0.1, 0.15) is 19.4 Å². The summed E-state index contributed by atoms with van der Waals surface area (Å²) in [5.74, 6) is 0.129. The fourth-order valence-corrected chi connectivity index (χ4v) is 2.58. The third-order valence-electron chi connectivity index (χ3n) is 3.12. The number of halogens is 4. The minimum atomic E-state index is -4.49. The first-order valence-electron chi connectivity index (χ1n) is 6.39. The second-order valence-corrected chi connectivity index (χ2v) is 5.98. The predicted octanol–water partition coefficient (Wildman–Crippen LogP) is 2.73. The molecule has 0 bridgehead atoms. The van der Waals surface area contributed by atoms with E-state index >= 15 is 0 Å². The first-order valence-corrected chi connectivity index (χ1v) is 6.77. The van der Waals surface area contributed by atoms with Crippen LogP contribution in [-0.4, -0.2) is 41.5 Å². The number of ether oxygens (including phenoxy) is 1. The lowest BCUT2D eigenvalue weighted by Gasteiger charge is -2.43. The van der Waals surface area contributed by atoms with E-state index in [2.05, 4.69) is 4.98 Å². The zero-order valence-electron chi connectivity index (χ0n) is 11.6. The van der Waals surface area contributed by atoms with Crippen molar-refractivity contribution >= 4 is 17.4 Å². The van der Waals surface area contributed by atoms with Crippen LogP contribution in [0.5, 0.6) is 0 Å². The number of rotatable bonds is 2. The van der Waals surface area contributed by atoms with Crippen molar-refractivity contribution in [2.75, 3.05) is 24.6 Å².